The van der Waals surface area contributed by atoms with Crippen LogP contribution in [0.15, 0.2) is 23.1 Å². The molecule has 1 N–H and O–H groups in total. The Morgan fingerprint density at radius 3 is 2.46 bits per heavy atom. The van der Waals surface area contributed by atoms with E-state index in [1.807, 2.05) is 0 Å². The highest BCUT2D eigenvalue weighted by molar-refractivity contribution is 7.90. The van der Waals surface area contributed by atoms with E-state index < -0.39 is 21.9 Å². The van der Waals surface area contributed by atoms with Crippen LogP contribution in [0.25, 0.3) is 0 Å². The standard InChI is InChI=1S/C17H23NO5S/c1-11-8-9-14(24(3,21)22)10-15(11)17(20)23-12(2)16(19)18-13-6-4-5-7-13/h8-10,12-13H,4-7H2,1-3H3,(H,18,19). The highest BCUT2D eigenvalue weighted by atomic mass is 32.2. The summed E-state index contributed by atoms with van der Waals surface area (Å²) in [5.74, 6) is -1.03. The summed E-state index contributed by atoms with van der Waals surface area (Å²) in [4.78, 5) is 24.4. The van der Waals surface area contributed by atoms with Crippen molar-refractivity contribution in [3.8, 4) is 0 Å². The third-order valence-electron chi connectivity index (χ3n) is 4.21. The smallest absolute Gasteiger partial charge is 0.339 e. The van der Waals surface area contributed by atoms with Crippen molar-refractivity contribution in [2.75, 3.05) is 6.26 Å². The van der Waals surface area contributed by atoms with E-state index in [9.17, 15) is 18.0 Å². The highest BCUT2D eigenvalue weighted by Gasteiger charge is 2.24. The van der Waals surface area contributed by atoms with Gasteiger partial charge in [-0.2, -0.15) is 0 Å². The van der Waals surface area contributed by atoms with Crippen molar-refractivity contribution in [1.29, 1.82) is 0 Å². The monoisotopic (exact) mass is 353 g/mol. The molecule has 6 nitrogen and oxygen atoms in total. The predicted octanol–water partition coefficient (Wildman–Crippen LogP) is 2.00. The van der Waals surface area contributed by atoms with Crippen molar-refractivity contribution >= 4 is 21.7 Å². The first kappa shape index (κ1) is 18.4. The summed E-state index contributed by atoms with van der Waals surface area (Å²) in [6.45, 7) is 3.20. The maximum Gasteiger partial charge on any atom is 0.339 e. The fourth-order valence-corrected chi connectivity index (χ4v) is 3.37. The number of carbonyl (C=O) groups excluding carboxylic acids is 2. The van der Waals surface area contributed by atoms with Crippen molar-refractivity contribution in [1.82, 2.24) is 5.32 Å². The topological polar surface area (TPSA) is 89.5 Å². The summed E-state index contributed by atoms with van der Waals surface area (Å²) in [5.41, 5.74) is 0.745. The number of rotatable bonds is 5. The Kier molecular flexibility index (Phi) is 5.64. The minimum absolute atomic E-state index is 0.0445. The third kappa shape index (κ3) is 4.56. The molecule has 0 aliphatic heterocycles. The van der Waals surface area contributed by atoms with Crippen molar-refractivity contribution in [3.63, 3.8) is 0 Å². The van der Waals surface area contributed by atoms with E-state index in [0.717, 1.165) is 31.9 Å². The number of sulfone groups is 1. The molecule has 0 spiro atoms. The lowest BCUT2D eigenvalue weighted by Gasteiger charge is -2.17. The number of esters is 1. The van der Waals surface area contributed by atoms with Gasteiger partial charge in [0.05, 0.1) is 10.5 Å². The molecule has 1 aliphatic rings. The number of aryl methyl sites for hydroxylation is 1. The molecule has 1 atom stereocenters. The normalized spacial score (nSPS) is 16.6. The second-order valence-electron chi connectivity index (χ2n) is 6.29. The van der Waals surface area contributed by atoms with Gasteiger partial charge in [0.1, 0.15) is 0 Å². The summed E-state index contributed by atoms with van der Waals surface area (Å²) in [6, 6.07) is 4.43. The first-order valence-electron chi connectivity index (χ1n) is 8.00. The van der Waals surface area contributed by atoms with Crippen LogP contribution in [0, 0.1) is 6.92 Å². The van der Waals surface area contributed by atoms with Crippen LogP contribution in [-0.2, 0) is 19.4 Å². The van der Waals surface area contributed by atoms with Gasteiger partial charge in [-0.3, -0.25) is 4.79 Å². The SMILES string of the molecule is Cc1ccc(S(C)(=O)=O)cc1C(=O)OC(C)C(=O)NC1CCCC1. The number of benzene rings is 1. The van der Waals surface area contributed by atoms with Gasteiger partial charge in [0, 0.05) is 12.3 Å². The van der Waals surface area contributed by atoms with Gasteiger partial charge in [0.25, 0.3) is 5.91 Å². The number of hydrogen-bond acceptors (Lipinski definition) is 5. The minimum atomic E-state index is -3.42. The molecule has 1 amide bonds. The van der Waals surface area contributed by atoms with E-state index in [0.29, 0.717) is 5.56 Å². The molecule has 1 saturated carbocycles. The van der Waals surface area contributed by atoms with Crippen LogP contribution in [0.2, 0.25) is 0 Å². The van der Waals surface area contributed by atoms with E-state index in [1.165, 1.54) is 19.1 Å². The van der Waals surface area contributed by atoms with E-state index in [4.69, 9.17) is 4.74 Å². The predicted molar refractivity (Wildman–Crippen MR) is 89.6 cm³/mol. The van der Waals surface area contributed by atoms with Gasteiger partial charge in [-0.25, -0.2) is 13.2 Å². The van der Waals surface area contributed by atoms with Gasteiger partial charge >= 0.3 is 5.97 Å². The Balaban J connectivity index is 2.07. The van der Waals surface area contributed by atoms with E-state index in [2.05, 4.69) is 5.32 Å². The lowest BCUT2D eigenvalue weighted by atomic mass is 10.1. The number of carbonyl (C=O) groups is 2. The second kappa shape index (κ2) is 7.34. The highest BCUT2D eigenvalue weighted by Crippen LogP contribution is 2.19. The van der Waals surface area contributed by atoms with Crippen molar-refractivity contribution < 1.29 is 22.7 Å². The van der Waals surface area contributed by atoms with Gasteiger partial charge in [0.2, 0.25) is 0 Å². The lowest BCUT2D eigenvalue weighted by Crippen LogP contribution is -2.40. The Morgan fingerprint density at radius 2 is 1.88 bits per heavy atom. The van der Waals surface area contributed by atoms with Crippen LogP contribution in [0.1, 0.15) is 48.5 Å². The number of amides is 1. The zero-order valence-electron chi connectivity index (χ0n) is 14.2. The average molecular weight is 353 g/mol. The molecule has 2 rings (SSSR count). The second-order valence-corrected chi connectivity index (χ2v) is 8.30. The number of ether oxygens (including phenoxy) is 1. The summed E-state index contributed by atoms with van der Waals surface area (Å²) in [7, 11) is -3.42. The summed E-state index contributed by atoms with van der Waals surface area (Å²) < 4.78 is 28.5. The quantitative estimate of drug-likeness (QED) is 0.818. The summed E-state index contributed by atoms with van der Waals surface area (Å²) in [5, 5.41) is 2.87. The minimum Gasteiger partial charge on any atom is -0.449 e. The van der Waals surface area contributed by atoms with E-state index in [1.54, 1.807) is 13.0 Å². The van der Waals surface area contributed by atoms with Gasteiger partial charge in [0.15, 0.2) is 15.9 Å². The van der Waals surface area contributed by atoms with Crippen LogP contribution in [0.3, 0.4) is 0 Å². The Bertz CT molecular complexity index is 735. The van der Waals surface area contributed by atoms with Gasteiger partial charge in [-0.15, -0.1) is 0 Å². The zero-order chi connectivity index (χ0) is 17.9. The largest absolute Gasteiger partial charge is 0.449 e. The lowest BCUT2D eigenvalue weighted by molar-refractivity contribution is -0.129. The Labute approximate surface area is 142 Å². The molecule has 0 radical (unpaired) electrons. The molecule has 132 valence electrons. The van der Waals surface area contributed by atoms with Crippen molar-refractivity contribution in [2.24, 2.45) is 0 Å². The molecular formula is C17H23NO5S. The van der Waals surface area contributed by atoms with Gasteiger partial charge in [-0.1, -0.05) is 18.9 Å². The maximum atomic E-state index is 12.3. The van der Waals surface area contributed by atoms with E-state index >= 15 is 0 Å². The molecule has 1 fully saturated rings. The molecule has 1 aromatic carbocycles. The number of nitrogens with one attached hydrogen (secondary N) is 1. The molecule has 0 bridgehead atoms. The van der Waals surface area contributed by atoms with Crippen LogP contribution in [-0.4, -0.2) is 38.7 Å². The van der Waals surface area contributed by atoms with Crippen LogP contribution >= 0.6 is 0 Å². The fourth-order valence-electron chi connectivity index (χ4n) is 2.72. The first-order valence-corrected chi connectivity index (χ1v) is 9.89. The van der Waals surface area contributed by atoms with Crippen molar-refractivity contribution in [3.05, 3.63) is 29.3 Å². The molecule has 0 aromatic heterocycles. The van der Waals surface area contributed by atoms with Gasteiger partial charge in [-0.05, 0) is 44.4 Å². The average Bonchev–Trinajstić information content (AvgIpc) is 2.99. The third-order valence-corrected chi connectivity index (χ3v) is 5.32. The van der Waals surface area contributed by atoms with Crippen molar-refractivity contribution in [2.45, 2.75) is 56.6 Å². The molecular weight excluding hydrogens is 330 g/mol. The summed E-state index contributed by atoms with van der Waals surface area (Å²) >= 11 is 0. The van der Waals surface area contributed by atoms with Gasteiger partial charge < -0.3 is 10.1 Å². The number of hydrogen-bond donors (Lipinski definition) is 1. The molecule has 7 heteroatoms. The maximum absolute atomic E-state index is 12.3. The molecule has 0 saturated heterocycles. The zero-order valence-corrected chi connectivity index (χ0v) is 15.0. The van der Waals surface area contributed by atoms with E-state index in [-0.39, 0.29) is 22.4 Å². The summed E-state index contributed by atoms with van der Waals surface area (Å²) in [6.07, 6.45) is 4.22. The molecule has 1 aromatic rings. The van der Waals surface area contributed by atoms with Crippen LogP contribution in [0.5, 0.6) is 0 Å². The first-order chi connectivity index (χ1) is 11.2. The Hall–Kier alpha value is -1.89. The molecule has 1 unspecified atom stereocenters. The molecule has 0 heterocycles. The Morgan fingerprint density at radius 1 is 1.25 bits per heavy atom. The molecule has 24 heavy (non-hydrogen) atoms. The molecule has 1 aliphatic carbocycles. The van der Waals surface area contributed by atoms with Crippen LogP contribution < -0.4 is 5.32 Å². The fraction of sp³-hybridized carbons (Fsp3) is 0.529. The van der Waals surface area contributed by atoms with Crippen LogP contribution in [0.4, 0.5) is 0 Å².